The van der Waals surface area contributed by atoms with E-state index >= 15 is 0 Å². The molecule has 1 aromatic heterocycles. The molecular formula is C14H13ClFNO2S. The Morgan fingerprint density at radius 1 is 1.40 bits per heavy atom. The Labute approximate surface area is 125 Å². The number of carbonyl (C=O) groups is 1. The predicted octanol–water partition coefficient (Wildman–Crippen LogP) is 4.60. The van der Waals surface area contributed by atoms with Gasteiger partial charge in [0.05, 0.1) is 16.3 Å². The van der Waals surface area contributed by atoms with Gasteiger partial charge in [-0.25, -0.2) is 14.2 Å². The van der Waals surface area contributed by atoms with Crippen LogP contribution in [0.15, 0.2) is 18.2 Å². The number of thiazole rings is 1. The molecule has 0 aliphatic rings. The fraction of sp³-hybridized carbons (Fsp3) is 0.286. The van der Waals surface area contributed by atoms with Gasteiger partial charge in [-0.15, -0.1) is 11.3 Å². The Morgan fingerprint density at radius 3 is 2.50 bits per heavy atom. The fourth-order valence-corrected chi connectivity index (χ4v) is 3.27. The van der Waals surface area contributed by atoms with Gasteiger partial charge < -0.3 is 5.11 Å². The Balaban J connectivity index is 2.69. The lowest BCUT2D eigenvalue weighted by Gasteiger charge is -2.16. The number of hydrogen-bond acceptors (Lipinski definition) is 3. The van der Waals surface area contributed by atoms with E-state index in [1.54, 1.807) is 6.07 Å². The van der Waals surface area contributed by atoms with Crippen LogP contribution in [0.3, 0.4) is 0 Å². The maximum atomic E-state index is 13.9. The van der Waals surface area contributed by atoms with Gasteiger partial charge in [0.1, 0.15) is 15.7 Å². The quantitative estimate of drug-likeness (QED) is 0.881. The number of hydrogen-bond donors (Lipinski definition) is 1. The van der Waals surface area contributed by atoms with Crippen molar-refractivity contribution >= 4 is 28.9 Å². The van der Waals surface area contributed by atoms with Gasteiger partial charge in [0.15, 0.2) is 0 Å². The summed E-state index contributed by atoms with van der Waals surface area (Å²) in [6, 6.07) is 4.33. The molecule has 0 aliphatic heterocycles. The van der Waals surface area contributed by atoms with Crippen LogP contribution < -0.4 is 0 Å². The average Bonchev–Trinajstić information content (AvgIpc) is 2.73. The van der Waals surface area contributed by atoms with Crippen molar-refractivity contribution in [3.8, 4) is 10.6 Å². The van der Waals surface area contributed by atoms with Crippen LogP contribution in [0.5, 0.6) is 0 Å². The zero-order valence-electron chi connectivity index (χ0n) is 11.2. The topological polar surface area (TPSA) is 50.2 Å². The maximum absolute atomic E-state index is 13.9. The van der Waals surface area contributed by atoms with Gasteiger partial charge in [0.25, 0.3) is 0 Å². The fourth-order valence-electron chi connectivity index (χ4n) is 1.78. The summed E-state index contributed by atoms with van der Waals surface area (Å²) in [5.74, 6) is -1.57. The molecule has 106 valence electrons. The molecule has 1 N–H and O–H groups in total. The Morgan fingerprint density at radius 2 is 2.05 bits per heavy atom. The van der Waals surface area contributed by atoms with Crippen molar-refractivity contribution in [2.24, 2.45) is 0 Å². The molecule has 3 nitrogen and oxygen atoms in total. The van der Waals surface area contributed by atoms with E-state index in [1.807, 2.05) is 20.8 Å². The molecule has 0 aliphatic carbocycles. The van der Waals surface area contributed by atoms with Crippen molar-refractivity contribution < 1.29 is 14.3 Å². The highest BCUT2D eigenvalue weighted by molar-refractivity contribution is 7.17. The van der Waals surface area contributed by atoms with Crippen LogP contribution in [0.1, 0.15) is 36.1 Å². The molecule has 20 heavy (non-hydrogen) atoms. The summed E-state index contributed by atoms with van der Waals surface area (Å²) >= 11 is 6.94. The van der Waals surface area contributed by atoms with Crippen molar-refractivity contribution in [3.05, 3.63) is 39.6 Å². The second-order valence-corrected chi connectivity index (χ2v) is 6.75. The third kappa shape index (κ3) is 2.69. The Hall–Kier alpha value is -1.46. The summed E-state index contributed by atoms with van der Waals surface area (Å²) in [5, 5.41) is 9.78. The molecule has 0 saturated carbocycles. The first-order chi connectivity index (χ1) is 9.21. The zero-order chi connectivity index (χ0) is 15.1. The van der Waals surface area contributed by atoms with Crippen LogP contribution in [-0.2, 0) is 5.41 Å². The summed E-state index contributed by atoms with van der Waals surface area (Å²) < 4.78 is 13.9. The monoisotopic (exact) mass is 313 g/mol. The molecule has 6 heteroatoms. The molecule has 0 spiro atoms. The minimum Gasteiger partial charge on any atom is -0.477 e. The van der Waals surface area contributed by atoms with E-state index in [2.05, 4.69) is 4.98 Å². The van der Waals surface area contributed by atoms with E-state index in [9.17, 15) is 14.3 Å². The number of aromatic nitrogens is 1. The molecule has 2 rings (SSSR count). The van der Waals surface area contributed by atoms with Crippen molar-refractivity contribution in [2.45, 2.75) is 26.2 Å². The summed E-state index contributed by atoms with van der Waals surface area (Å²) in [6.45, 7) is 5.59. The lowest BCUT2D eigenvalue weighted by atomic mass is 9.91. The third-order valence-electron chi connectivity index (χ3n) is 2.71. The van der Waals surface area contributed by atoms with Crippen molar-refractivity contribution in [3.63, 3.8) is 0 Å². The smallest absolute Gasteiger partial charge is 0.347 e. The zero-order valence-corrected chi connectivity index (χ0v) is 12.8. The van der Waals surface area contributed by atoms with Crippen molar-refractivity contribution in [2.75, 3.05) is 0 Å². The molecule has 1 heterocycles. The minimum absolute atomic E-state index is 0.117. The maximum Gasteiger partial charge on any atom is 0.347 e. The van der Waals surface area contributed by atoms with Gasteiger partial charge in [0.2, 0.25) is 0 Å². The highest BCUT2D eigenvalue weighted by Gasteiger charge is 2.28. The van der Waals surface area contributed by atoms with E-state index in [-0.39, 0.29) is 20.5 Å². The van der Waals surface area contributed by atoms with Crippen LogP contribution in [0.4, 0.5) is 4.39 Å². The van der Waals surface area contributed by atoms with E-state index < -0.39 is 17.2 Å². The van der Waals surface area contributed by atoms with Gasteiger partial charge in [-0.2, -0.15) is 0 Å². The predicted molar refractivity (Wildman–Crippen MR) is 78.2 cm³/mol. The number of benzene rings is 1. The van der Waals surface area contributed by atoms with Gasteiger partial charge in [-0.1, -0.05) is 38.4 Å². The van der Waals surface area contributed by atoms with Gasteiger partial charge >= 0.3 is 5.97 Å². The standard InChI is InChI=1S/C14H13ClFNO2S/c1-14(2,3)11-10(13(18)19)20-12(17-11)9-7(15)5-4-6-8(9)16/h4-6H,1-3H3,(H,18,19). The van der Waals surface area contributed by atoms with E-state index in [1.165, 1.54) is 12.1 Å². The molecule has 0 saturated heterocycles. The summed E-state index contributed by atoms with van der Waals surface area (Å²) in [6.07, 6.45) is 0. The van der Waals surface area contributed by atoms with Gasteiger partial charge in [0, 0.05) is 5.41 Å². The van der Waals surface area contributed by atoms with E-state index in [0.29, 0.717) is 5.69 Å². The lowest BCUT2D eigenvalue weighted by molar-refractivity contribution is 0.0699. The Kier molecular flexibility index (Phi) is 3.84. The molecule has 0 fully saturated rings. The average molecular weight is 314 g/mol. The lowest BCUT2D eigenvalue weighted by Crippen LogP contribution is -2.16. The van der Waals surface area contributed by atoms with Crippen molar-refractivity contribution in [1.82, 2.24) is 4.98 Å². The summed E-state index contributed by atoms with van der Waals surface area (Å²) in [5.41, 5.74) is 0.140. The van der Waals surface area contributed by atoms with Gasteiger partial charge in [-0.05, 0) is 12.1 Å². The SMILES string of the molecule is CC(C)(C)c1nc(-c2c(F)cccc2Cl)sc1C(=O)O. The van der Waals surface area contributed by atoms with Crippen LogP contribution >= 0.6 is 22.9 Å². The number of carboxylic acid groups (broad SMARTS) is 1. The molecule has 0 bridgehead atoms. The number of nitrogens with zero attached hydrogens (tertiary/aromatic N) is 1. The second-order valence-electron chi connectivity index (χ2n) is 5.35. The molecule has 2 aromatic rings. The summed E-state index contributed by atoms with van der Waals surface area (Å²) in [4.78, 5) is 15.8. The van der Waals surface area contributed by atoms with Crippen LogP contribution in [0, 0.1) is 5.82 Å². The highest BCUT2D eigenvalue weighted by atomic mass is 35.5. The van der Waals surface area contributed by atoms with Crippen LogP contribution in [-0.4, -0.2) is 16.1 Å². The molecule has 0 atom stereocenters. The number of rotatable bonds is 2. The molecule has 1 aromatic carbocycles. The summed E-state index contributed by atoms with van der Waals surface area (Å²) in [7, 11) is 0. The number of carboxylic acids is 1. The largest absolute Gasteiger partial charge is 0.477 e. The van der Waals surface area contributed by atoms with Crippen LogP contribution in [0.25, 0.3) is 10.6 Å². The molecular weight excluding hydrogens is 301 g/mol. The molecule has 0 unspecified atom stereocenters. The Bertz CT molecular complexity index is 656. The normalized spacial score (nSPS) is 11.7. The first-order valence-corrected chi connectivity index (χ1v) is 7.10. The molecule has 0 radical (unpaired) electrons. The first kappa shape index (κ1) is 14.9. The second kappa shape index (κ2) is 5.14. The number of aromatic carboxylic acids is 1. The molecule has 0 amide bonds. The minimum atomic E-state index is -1.06. The van der Waals surface area contributed by atoms with E-state index in [0.717, 1.165) is 11.3 Å². The van der Waals surface area contributed by atoms with Crippen molar-refractivity contribution in [1.29, 1.82) is 0 Å². The highest BCUT2D eigenvalue weighted by Crippen LogP contribution is 2.38. The third-order valence-corrected chi connectivity index (χ3v) is 4.08. The first-order valence-electron chi connectivity index (χ1n) is 5.91. The van der Waals surface area contributed by atoms with Crippen LogP contribution in [0.2, 0.25) is 5.02 Å². The number of halogens is 2. The van der Waals surface area contributed by atoms with E-state index in [4.69, 9.17) is 11.6 Å². The van der Waals surface area contributed by atoms with Gasteiger partial charge in [-0.3, -0.25) is 0 Å².